The summed E-state index contributed by atoms with van der Waals surface area (Å²) in [4.78, 5) is 10.3. The van der Waals surface area contributed by atoms with Gasteiger partial charge < -0.3 is 9.90 Å². The molecule has 116 valence electrons. The lowest BCUT2D eigenvalue weighted by Crippen LogP contribution is -2.46. The minimum absolute atomic E-state index is 0.0583. The summed E-state index contributed by atoms with van der Waals surface area (Å²) < 4.78 is 63.1. The molecule has 0 aliphatic carbocycles. The van der Waals surface area contributed by atoms with Gasteiger partial charge in [-0.15, -0.1) is 0 Å². The van der Waals surface area contributed by atoms with E-state index in [1.54, 1.807) is 0 Å². The van der Waals surface area contributed by atoms with Crippen molar-refractivity contribution in [1.82, 2.24) is 4.31 Å². The highest BCUT2D eigenvalue weighted by Gasteiger charge is 2.37. The number of alkyl halides is 3. The molecule has 0 spiro atoms. The van der Waals surface area contributed by atoms with E-state index in [0.29, 0.717) is 16.8 Å². The first kappa shape index (κ1) is 15.8. The molecule has 0 unspecified atom stereocenters. The van der Waals surface area contributed by atoms with Crippen LogP contribution in [0.3, 0.4) is 0 Å². The summed E-state index contributed by atoms with van der Waals surface area (Å²) in [6.45, 7) is -0.0583. The number of benzene rings is 1. The van der Waals surface area contributed by atoms with Crippen LogP contribution in [-0.4, -0.2) is 31.3 Å². The van der Waals surface area contributed by atoms with Gasteiger partial charge in [0.25, 0.3) is 0 Å². The van der Waals surface area contributed by atoms with Gasteiger partial charge in [0.05, 0.1) is 22.5 Å². The normalized spacial score (nSPS) is 20.6. The molecule has 0 aromatic heterocycles. The zero-order valence-corrected chi connectivity index (χ0v) is 11.4. The van der Waals surface area contributed by atoms with Gasteiger partial charge in [-0.2, -0.15) is 17.5 Å². The summed E-state index contributed by atoms with van der Waals surface area (Å²) >= 11 is 0. The number of hydrogen-bond acceptors (Lipinski definition) is 4. The van der Waals surface area contributed by atoms with Crippen LogP contribution in [0.2, 0.25) is 0 Å². The maximum Gasteiger partial charge on any atom is 0.416 e. The van der Waals surface area contributed by atoms with E-state index in [1.807, 2.05) is 0 Å². The van der Waals surface area contributed by atoms with Crippen LogP contribution in [0.25, 0.3) is 0 Å². The highest BCUT2D eigenvalue weighted by atomic mass is 32.2. The maximum absolute atomic E-state index is 12.6. The monoisotopic (exact) mass is 322 g/mol. The summed E-state index contributed by atoms with van der Waals surface area (Å²) in [5, 5.41) is 10.9. The highest BCUT2D eigenvalue weighted by molar-refractivity contribution is 7.89. The topological polar surface area (TPSA) is 77.5 Å². The first-order valence-electron chi connectivity index (χ1n) is 6.04. The summed E-state index contributed by atoms with van der Waals surface area (Å²) in [5.41, 5.74) is -1.10. The SMILES string of the molecule is O=C([O-])[C@@H]1CCCN1S(=O)(=O)c1cccc(C(F)(F)F)c1. The van der Waals surface area contributed by atoms with Crippen LogP contribution in [-0.2, 0) is 21.0 Å². The number of nitrogens with zero attached hydrogens (tertiary/aromatic N) is 1. The molecule has 1 fully saturated rings. The van der Waals surface area contributed by atoms with Crippen LogP contribution in [0, 0.1) is 0 Å². The van der Waals surface area contributed by atoms with Crippen molar-refractivity contribution in [2.75, 3.05) is 6.54 Å². The van der Waals surface area contributed by atoms with Gasteiger partial charge in [0.15, 0.2) is 0 Å². The lowest BCUT2D eigenvalue weighted by Gasteiger charge is -2.24. The van der Waals surface area contributed by atoms with E-state index in [-0.39, 0.29) is 13.0 Å². The smallest absolute Gasteiger partial charge is 0.416 e. The van der Waals surface area contributed by atoms with Crippen LogP contribution < -0.4 is 5.11 Å². The molecule has 21 heavy (non-hydrogen) atoms. The minimum Gasteiger partial charge on any atom is -0.548 e. The zero-order chi connectivity index (χ0) is 15.8. The van der Waals surface area contributed by atoms with E-state index in [9.17, 15) is 31.5 Å². The summed E-state index contributed by atoms with van der Waals surface area (Å²) in [5.74, 6) is -1.55. The number of sulfonamides is 1. The second-order valence-corrected chi connectivity index (χ2v) is 6.51. The highest BCUT2D eigenvalue weighted by Crippen LogP contribution is 2.32. The van der Waals surface area contributed by atoms with Crippen LogP contribution in [0.15, 0.2) is 29.2 Å². The molecule has 1 atom stereocenters. The fourth-order valence-corrected chi connectivity index (χ4v) is 3.92. The molecule has 1 aliphatic heterocycles. The minimum atomic E-state index is -4.68. The van der Waals surface area contributed by atoms with E-state index in [2.05, 4.69) is 0 Å². The van der Waals surface area contributed by atoms with Crippen molar-refractivity contribution in [2.24, 2.45) is 0 Å². The lowest BCUT2D eigenvalue weighted by molar-refractivity contribution is -0.309. The first-order valence-corrected chi connectivity index (χ1v) is 7.48. The summed E-state index contributed by atoms with van der Waals surface area (Å²) in [7, 11) is -4.30. The molecule has 0 radical (unpaired) electrons. The molecule has 0 bridgehead atoms. The molecular weight excluding hydrogens is 311 g/mol. The number of carboxylic acids is 1. The number of halogens is 3. The van der Waals surface area contributed by atoms with Gasteiger partial charge in [0, 0.05) is 6.54 Å². The van der Waals surface area contributed by atoms with Gasteiger partial charge in [-0.1, -0.05) is 6.07 Å². The van der Waals surface area contributed by atoms with Gasteiger partial charge in [-0.05, 0) is 31.0 Å². The first-order chi connectivity index (χ1) is 9.64. The fourth-order valence-electron chi connectivity index (χ4n) is 2.23. The lowest BCUT2D eigenvalue weighted by atomic mass is 10.2. The molecule has 0 saturated carbocycles. The third-order valence-electron chi connectivity index (χ3n) is 3.24. The van der Waals surface area contributed by atoms with Crippen LogP contribution in [0.4, 0.5) is 13.2 Å². The Hall–Kier alpha value is -1.61. The molecule has 1 aromatic carbocycles. The van der Waals surface area contributed by atoms with E-state index in [1.165, 1.54) is 0 Å². The molecule has 2 rings (SSSR count). The number of rotatable bonds is 3. The second-order valence-electron chi connectivity index (χ2n) is 4.62. The quantitative estimate of drug-likeness (QED) is 0.817. The van der Waals surface area contributed by atoms with Gasteiger partial charge in [0.2, 0.25) is 10.0 Å². The average molecular weight is 322 g/mol. The van der Waals surface area contributed by atoms with Gasteiger partial charge >= 0.3 is 6.18 Å². The molecule has 5 nitrogen and oxygen atoms in total. The Labute approximate surface area is 119 Å². The maximum atomic E-state index is 12.6. The van der Waals surface area contributed by atoms with E-state index < -0.39 is 38.7 Å². The number of carboxylic acid groups (broad SMARTS) is 1. The van der Waals surface area contributed by atoms with E-state index >= 15 is 0 Å². The number of hydrogen-bond donors (Lipinski definition) is 0. The molecule has 0 amide bonds. The fraction of sp³-hybridized carbons (Fsp3) is 0.417. The van der Waals surface area contributed by atoms with Crippen LogP contribution in [0.1, 0.15) is 18.4 Å². The van der Waals surface area contributed by atoms with Crippen molar-refractivity contribution >= 4 is 16.0 Å². The molecule has 1 aliphatic rings. The molecule has 1 aromatic rings. The Morgan fingerprint density at radius 1 is 1.33 bits per heavy atom. The molecule has 1 heterocycles. The predicted octanol–water partition coefficient (Wildman–Crippen LogP) is 0.608. The summed E-state index contributed by atoms with van der Waals surface area (Å²) in [6.07, 6.45) is -4.28. The van der Waals surface area contributed by atoms with E-state index in [0.717, 1.165) is 18.2 Å². The summed E-state index contributed by atoms with van der Waals surface area (Å²) in [6, 6.07) is 1.89. The Kier molecular flexibility index (Phi) is 3.98. The molecule has 0 N–H and O–H groups in total. The van der Waals surface area contributed by atoms with Crippen molar-refractivity contribution in [1.29, 1.82) is 0 Å². The molecular formula is C12H11F3NO4S-. The van der Waals surface area contributed by atoms with Gasteiger partial charge in [-0.25, -0.2) is 8.42 Å². The molecule has 9 heteroatoms. The largest absolute Gasteiger partial charge is 0.548 e. The Bertz CT molecular complexity index is 657. The predicted molar refractivity (Wildman–Crippen MR) is 63.4 cm³/mol. The average Bonchev–Trinajstić information content (AvgIpc) is 2.88. The Balaban J connectivity index is 2.43. The van der Waals surface area contributed by atoms with Crippen molar-refractivity contribution < 1.29 is 31.5 Å². The number of carbonyl (C=O) groups excluding carboxylic acids is 1. The van der Waals surface area contributed by atoms with Crippen molar-refractivity contribution in [3.05, 3.63) is 29.8 Å². The van der Waals surface area contributed by atoms with Crippen molar-refractivity contribution in [3.63, 3.8) is 0 Å². The second kappa shape index (κ2) is 5.30. The van der Waals surface area contributed by atoms with Crippen molar-refractivity contribution in [3.8, 4) is 0 Å². The van der Waals surface area contributed by atoms with Crippen LogP contribution in [0.5, 0.6) is 0 Å². The Morgan fingerprint density at radius 2 is 2.00 bits per heavy atom. The van der Waals surface area contributed by atoms with Gasteiger partial charge in [-0.3, -0.25) is 0 Å². The zero-order valence-electron chi connectivity index (χ0n) is 10.6. The number of aliphatic carboxylic acids is 1. The third kappa shape index (κ3) is 3.03. The standard InChI is InChI=1S/C12H12F3NO4S/c13-12(14,15)8-3-1-4-9(7-8)21(19,20)16-6-2-5-10(16)11(17)18/h1,3-4,7,10H,2,5-6H2,(H,17,18)/p-1/t10-/m0/s1. The van der Waals surface area contributed by atoms with Crippen LogP contribution >= 0.6 is 0 Å². The number of carbonyl (C=O) groups is 1. The van der Waals surface area contributed by atoms with Gasteiger partial charge in [0.1, 0.15) is 0 Å². The third-order valence-corrected chi connectivity index (χ3v) is 5.15. The molecule has 1 saturated heterocycles. The van der Waals surface area contributed by atoms with E-state index in [4.69, 9.17) is 0 Å². The Morgan fingerprint density at radius 3 is 2.57 bits per heavy atom. The van der Waals surface area contributed by atoms with Crippen molar-refractivity contribution in [2.45, 2.75) is 30.0 Å².